The quantitative estimate of drug-likeness (QED) is 0.161. The Labute approximate surface area is 400 Å². The first kappa shape index (κ1) is 37.8. The van der Waals surface area contributed by atoms with E-state index < -0.39 is 0 Å². The highest BCUT2D eigenvalue weighted by atomic mass is 16.3. The van der Waals surface area contributed by atoms with E-state index in [2.05, 4.69) is 173 Å². The van der Waals surface area contributed by atoms with Crippen LogP contribution in [0.3, 0.4) is 0 Å². The van der Waals surface area contributed by atoms with Gasteiger partial charge < -0.3 is 14.2 Å². The summed E-state index contributed by atoms with van der Waals surface area (Å²) in [6, 6.07) is 26.0. The number of fused-ring (bicyclic) bond motifs is 10. The third kappa shape index (κ3) is 5.81. The highest BCUT2D eigenvalue weighted by molar-refractivity contribution is 7.00. The van der Waals surface area contributed by atoms with E-state index in [0.717, 1.165) is 61.0 Å². The van der Waals surface area contributed by atoms with Gasteiger partial charge in [-0.2, -0.15) is 0 Å². The molecule has 1 aromatic heterocycles. The van der Waals surface area contributed by atoms with Crippen LogP contribution in [0.25, 0.3) is 21.9 Å². The number of rotatable bonds is 2. The van der Waals surface area contributed by atoms with Crippen LogP contribution in [-0.2, 0) is 32.5 Å². The second kappa shape index (κ2) is 13.3. The molecule has 0 N–H and O–H groups in total. The number of hydrogen-bond donors (Lipinski definition) is 0. The van der Waals surface area contributed by atoms with Crippen LogP contribution >= 0.6 is 0 Å². The van der Waals surface area contributed by atoms with E-state index in [-0.39, 0.29) is 69.0 Å². The Balaban J connectivity index is 1.24. The average molecular weight is 873 g/mol. The molecule has 0 fully saturated rings. The first-order valence-electron chi connectivity index (χ1n) is 26.8. The van der Waals surface area contributed by atoms with Gasteiger partial charge in [-0.3, -0.25) is 0 Å². The van der Waals surface area contributed by atoms with E-state index in [1.165, 1.54) is 72.5 Å². The van der Waals surface area contributed by atoms with Gasteiger partial charge in [0.05, 0.1) is 5.48 Å². The Kier molecular flexibility index (Phi) is 7.60. The number of benzene rings is 6. The maximum Gasteiger partial charge on any atom is 0.252 e. The number of furan rings is 1. The molecule has 0 saturated carbocycles. The first-order chi connectivity index (χ1) is 32.6. The molecule has 0 saturated heterocycles. The van der Waals surface area contributed by atoms with E-state index in [4.69, 9.17) is 8.53 Å². The highest BCUT2D eigenvalue weighted by Crippen LogP contribution is 2.55. The van der Waals surface area contributed by atoms with E-state index in [1.807, 2.05) is 0 Å². The molecule has 2 aliphatic heterocycles. The lowest BCUT2D eigenvalue weighted by Crippen LogP contribution is -2.62. The monoisotopic (exact) mass is 873 g/mol. The van der Waals surface area contributed by atoms with Crippen LogP contribution in [0, 0.1) is 13.8 Å². The number of nitrogens with zero attached hydrogens (tertiary/aromatic N) is 2. The van der Waals surface area contributed by atoms with Gasteiger partial charge in [0.1, 0.15) is 11.2 Å². The molecule has 7 aromatic rings. The zero-order chi connectivity index (χ0) is 49.9. The summed E-state index contributed by atoms with van der Waals surface area (Å²) < 4.78 is 42.4. The van der Waals surface area contributed by atoms with Crippen molar-refractivity contribution in [1.29, 1.82) is 0 Å². The number of anilines is 6. The maximum absolute atomic E-state index is 9.28. The average Bonchev–Trinajstić information content (AvgIpc) is 3.67. The molecule has 0 amide bonds. The molecule has 6 aromatic carbocycles. The fourth-order valence-electron chi connectivity index (χ4n) is 13.4. The summed E-state index contributed by atoms with van der Waals surface area (Å²) in [6.45, 7) is 33.4. The minimum absolute atomic E-state index is 0.0198. The molecule has 12 rings (SSSR count). The summed E-state index contributed by atoms with van der Waals surface area (Å²) in [5.41, 5.74) is 22.2. The van der Waals surface area contributed by atoms with Crippen LogP contribution in [-0.4, -0.2) is 6.71 Å². The van der Waals surface area contributed by atoms with Crippen LogP contribution in [0.2, 0.25) is 0 Å². The third-order valence-electron chi connectivity index (χ3n) is 17.9. The van der Waals surface area contributed by atoms with Crippen LogP contribution in [0.5, 0.6) is 0 Å². The molecule has 3 aliphatic carbocycles. The maximum atomic E-state index is 9.28. The molecule has 3 nitrogen and oxygen atoms in total. The summed E-state index contributed by atoms with van der Waals surface area (Å²) in [5, 5.41) is 1.15. The summed E-state index contributed by atoms with van der Waals surface area (Å²) in [6.07, 6.45) is 6.74. The highest BCUT2D eigenvalue weighted by Gasteiger charge is 2.48. The summed E-state index contributed by atoms with van der Waals surface area (Å²) in [4.78, 5) is 5.13. The van der Waals surface area contributed by atoms with Gasteiger partial charge in [0.2, 0.25) is 0 Å². The molecule has 0 atom stereocenters. The van der Waals surface area contributed by atoms with Gasteiger partial charge >= 0.3 is 0 Å². The van der Waals surface area contributed by atoms with E-state index in [0.29, 0.717) is 16.4 Å². The minimum Gasteiger partial charge on any atom is -0.456 e. The predicted octanol–water partition coefficient (Wildman–Crippen LogP) is 15.3. The van der Waals surface area contributed by atoms with Crippen molar-refractivity contribution in [1.82, 2.24) is 0 Å². The predicted molar refractivity (Wildman–Crippen MR) is 283 cm³/mol. The van der Waals surface area contributed by atoms with Crippen molar-refractivity contribution in [3.05, 3.63) is 135 Å². The number of para-hydroxylation sites is 1. The molecule has 5 aliphatic rings. The minimum atomic E-state index is -0.281. The Morgan fingerprint density at radius 1 is 0.455 bits per heavy atom. The Bertz CT molecular complexity index is 3500. The van der Waals surface area contributed by atoms with Gasteiger partial charge in [-0.1, -0.05) is 125 Å². The van der Waals surface area contributed by atoms with Crippen molar-refractivity contribution >= 4 is 79.2 Å². The largest absolute Gasteiger partial charge is 0.456 e. The van der Waals surface area contributed by atoms with Crippen LogP contribution in [0.1, 0.15) is 172 Å². The smallest absolute Gasteiger partial charge is 0.252 e. The number of hydrogen-bond acceptors (Lipinski definition) is 3. The Morgan fingerprint density at radius 3 is 1.56 bits per heavy atom. The molecule has 0 radical (unpaired) electrons. The molecule has 66 heavy (non-hydrogen) atoms. The van der Waals surface area contributed by atoms with Crippen molar-refractivity contribution in [2.45, 2.75) is 168 Å². The zero-order valence-electron chi connectivity index (χ0n) is 46.0. The van der Waals surface area contributed by atoms with Gasteiger partial charge in [-0.05, 0) is 188 Å². The fraction of sp³-hybridized carbons (Fsp3) is 0.419. The first-order valence-corrected chi connectivity index (χ1v) is 24.8. The second-order valence-electron chi connectivity index (χ2n) is 25.2. The normalized spacial score (nSPS) is 21.7. The van der Waals surface area contributed by atoms with E-state index in [1.54, 1.807) is 0 Å². The summed E-state index contributed by atoms with van der Waals surface area (Å²) >= 11 is 0. The van der Waals surface area contributed by atoms with Crippen molar-refractivity contribution in [3.63, 3.8) is 0 Å². The van der Waals surface area contributed by atoms with Crippen molar-refractivity contribution in [2.75, 3.05) is 9.80 Å². The van der Waals surface area contributed by atoms with Gasteiger partial charge in [-0.25, -0.2) is 0 Å². The SMILES string of the molecule is [2H]c1c([2H])c([2H])c2c(oc3cc4c(cc32)B2c3cc5c(cc3N(c3ccc6c(c3)C(C)(C)CCC6(C)C)c3cc(C)cc(c32)N4c2cc3c(cc2C)C(C)(C)CCC3(C)C)C(C)(C)CCC5(C)C)c1[2H]. The van der Waals surface area contributed by atoms with Crippen LogP contribution in [0.15, 0.2) is 95.3 Å². The lowest BCUT2D eigenvalue weighted by Gasteiger charge is -2.48. The molecule has 3 heterocycles. The van der Waals surface area contributed by atoms with Crippen molar-refractivity contribution < 1.29 is 9.90 Å². The standard InChI is InChI=1S/C62H69BN2O/c1-36-27-52-56-53(28-36)65(49-33-45-42(29-37(49)2)58(5,6)23-25-61(45,11)12)51-35-55-40(39-17-15-16-18-54(39)66-55)31-47(51)63(56)48-32-44-46(62(13,14)26-24-60(44,9)10)34-50(48)64(52)38-19-20-41-43(30-38)59(7,8)22-21-57(41,3)4/h15-20,27-35H,21-26H2,1-14H3/i15D,16D,17D,18D. The van der Waals surface area contributed by atoms with Crippen LogP contribution < -0.4 is 26.2 Å². The zero-order valence-corrected chi connectivity index (χ0v) is 42.0. The Hall–Kier alpha value is -5.22. The molecule has 336 valence electrons. The number of aryl methyl sites for hydroxylation is 2. The van der Waals surface area contributed by atoms with Gasteiger partial charge in [0, 0.05) is 51.0 Å². The topological polar surface area (TPSA) is 19.6 Å². The molecule has 0 bridgehead atoms. The van der Waals surface area contributed by atoms with E-state index >= 15 is 0 Å². The lowest BCUT2D eigenvalue weighted by molar-refractivity contribution is 0.332. The Morgan fingerprint density at radius 2 is 0.939 bits per heavy atom. The van der Waals surface area contributed by atoms with E-state index in [9.17, 15) is 1.37 Å². The molecule has 0 unspecified atom stereocenters. The molecular formula is C62H69BN2O. The van der Waals surface area contributed by atoms with Crippen molar-refractivity contribution in [2.24, 2.45) is 0 Å². The molecular weight excluding hydrogens is 800 g/mol. The van der Waals surface area contributed by atoms with Crippen molar-refractivity contribution in [3.8, 4) is 0 Å². The van der Waals surface area contributed by atoms with Crippen LogP contribution in [0.4, 0.5) is 34.1 Å². The van der Waals surface area contributed by atoms with Gasteiger partial charge in [0.15, 0.2) is 0 Å². The summed E-state index contributed by atoms with van der Waals surface area (Å²) in [5.74, 6) is 0. The van der Waals surface area contributed by atoms with Gasteiger partial charge in [-0.15, -0.1) is 0 Å². The second-order valence-corrected chi connectivity index (χ2v) is 25.2. The lowest BCUT2D eigenvalue weighted by atomic mass is 9.33. The molecule has 0 spiro atoms. The van der Waals surface area contributed by atoms with Gasteiger partial charge in [0.25, 0.3) is 6.71 Å². The summed E-state index contributed by atoms with van der Waals surface area (Å²) in [7, 11) is 0. The fourth-order valence-corrected chi connectivity index (χ4v) is 13.4. The third-order valence-corrected chi connectivity index (χ3v) is 17.9. The molecule has 4 heteroatoms.